The number of ether oxygens (including phenoxy) is 1. The van der Waals surface area contributed by atoms with Gasteiger partial charge in [-0.05, 0) is 12.0 Å². The molecule has 0 bridgehead atoms. The molecule has 1 aromatic carbocycles. The average molecular weight is 223 g/mol. The molecule has 1 aromatic rings. The Balaban J connectivity index is 2.02. The molecule has 1 heterocycles. The Bertz CT molecular complexity index is 403. The predicted octanol–water partition coefficient (Wildman–Crippen LogP) is 2.11. The van der Waals surface area contributed by atoms with E-state index in [4.69, 9.17) is 16.3 Å². The molecular formula is C12H11ClO2. The van der Waals surface area contributed by atoms with Crippen LogP contribution in [0.2, 0.25) is 0 Å². The molecule has 0 amide bonds. The highest BCUT2D eigenvalue weighted by molar-refractivity contribution is 6.39. The van der Waals surface area contributed by atoms with Gasteiger partial charge < -0.3 is 4.74 Å². The van der Waals surface area contributed by atoms with Crippen LogP contribution >= 0.6 is 11.6 Å². The highest BCUT2D eigenvalue weighted by atomic mass is 35.5. The molecule has 0 N–H and O–H groups in total. The normalized spacial score (nSPS) is 38.6. The zero-order valence-electron chi connectivity index (χ0n) is 8.15. The second kappa shape index (κ2) is 3.06. The molecule has 2 fully saturated rings. The van der Waals surface area contributed by atoms with Crippen molar-refractivity contribution >= 4 is 17.4 Å². The van der Waals surface area contributed by atoms with Crippen molar-refractivity contribution < 1.29 is 9.53 Å². The van der Waals surface area contributed by atoms with E-state index in [1.54, 1.807) is 0 Å². The van der Waals surface area contributed by atoms with E-state index in [1.165, 1.54) is 0 Å². The Hall–Kier alpha value is -0.860. The SMILES string of the molecule is O=C1C2CCOC2C1(Cl)c1ccccc1. The van der Waals surface area contributed by atoms with Gasteiger partial charge in [0.15, 0.2) is 10.7 Å². The zero-order valence-corrected chi connectivity index (χ0v) is 8.91. The number of halogens is 1. The molecule has 3 rings (SSSR count). The quantitative estimate of drug-likeness (QED) is 0.681. The third-order valence-corrected chi connectivity index (χ3v) is 3.99. The van der Waals surface area contributed by atoms with Crippen molar-refractivity contribution in [1.82, 2.24) is 0 Å². The Morgan fingerprint density at radius 2 is 2.07 bits per heavy atom. The van der Waals surface area contributed by atoms with Gasteiger partial charge in [-0.1, -0.05) is 30.3 Å². The van der Waals surface area contributed by atoms with Gasteiger partial charge in [0.05, 0.1) is 12.0 Å². The van der Waals surface area contributed by atoms with Crippen LogP contribution in [0.5, 0.6) is 0 Å². The third-order valence-electron chi connectivity index (χ3n) is 3.37. The van der Waals surface area contributed by atoms with Crippen LogP contribution in [0.3, 0.4) is 0 Å². The molecular weight excluding hydrogens is 212 g/mol. The number of hydrogen-bond donors (Lipinski definition) is 0. The van der Waals surface area contributed by atoms with E-state index in [1.807, 2.05) is 30.3 Å². The highest BCUT2D eigenvalue weighted by Crippen LogP contribution is 2.53. The number of carbonyl (C=O) groups excluding carboxylic acids is 1. The van der Waals surface area contributed by atoms with Gasteiger partial charge in [0, 0.05) is 6.61 Å². The van der Waals surface area contributed by atoms with Crippen LogP contribution < -0.4 is 0 Å². The van der Waals surface area contributed by atoms with Crippen molar-refractivity contribution in [2.45, 2.75) is 17.4 Å². The minimum Gasteiger partial charge on any atom is -0.375 e. The fourth-order valence-electron chi connectivity index (χ4n) is 2.55. The third kappa shape index (κ3) is 1.06. The maximum absolute atomic E-state index is 12.0. The first-order chi connectivity index (χ1) is 7.24. The van der Waals surface area contributed by atoms with E-state index < -0.39 is 4.87 Å². The number of hydrogen-bond acceptors (Lipinski definition) is 2. The number of Topliss-reactive ketones (excluding diaryl/α,β-unsaturated/α-hetero) is 1. The predicted molar refractivity (Wildman–Crippen MR) is 56.8 cm³/mol. The summed E-state index contributed by atoms with van der Waals surface area (Å²) in [5.74, 6) is 0.153. The smallest absolute Gasteiger partial charge is 0.166 e. The lowest BCUT2D eigenvalue weighted by molar-refractivity contribution is -0.144. The van der Waals surface area contributed by atoms with Crippen molar-refractivity contribution in [2.24, 2.45) is 5.92 Å². The van der Waals surface area contributed by atoms with Gasteiger partial charge in [0.1, 0.15) is 0 Å². The molecule has 0 radical (unpaired) electrons. The molecule has 0 aromatic heterocycles. The molecule has 3 unspecified atom stereocenters. The van der Waals surface area contributed by atoms with Crippen LogP contribution in [-0.4, -0.2) is 18.5 Å². The minimum atomic E-state index is -0.914. The largest absolute Gasteiger partial charge is 0.375 e. The van der Waals surface area contributed by atoms with Gasteiger partial charge in [-0.25, -0.2) is 0 Å². The van der Waals surface area contributed by atoms with Crippen LogP contribution in [-0.2, 0) is 14.4 Å². The summed E-state index contributed by atoms with van der Waals surface area (Å²) < 4.78 is 5.54. The van der Waals surface area contributed by atoms with Crippen molar-refractivity contribution in [1.29, 1.82) is 0 Å². The van der Waals surface area contributed by atoms with E-state index in [0.717, 1.165) is 12.0 Å². The summed E-state index contributed by atoms with van der Waals surface area (Å²) in [6.45, 7) is 0.655. The van der Waals surface area contributed by atoms with E-state index in [9.17, 15) is 4.79 Å². The fourth-order valence-corrected chi connectivity index (χ4v) is 3.03. The van der Waals surface area contributed by atoms with Crippen LogP contribution in [0.4, 0.5) is 0 Å². The average Bonchev–Trinajstić information content (AvgIpc) is 2.75. The summed E-state index contributed by atoms with van der Waals surface area (Å²) in [6.07, 6.45) is 0.708. The fraction of sp³-hybridized carbons (Fsp3) is 0.417. The Morgan fingerprint density at radius 1 is 1.33 bits per heavy atom. The Labute approximate surface area is 93.2 Å². The van der Waals surface area contributed by atoms with Gasteiger partial charge in [-0.3, -0.25) is 4.79 Å². The van der Waals surface area contributed by atoms with Gasteiger partial charge >= 0.3 is 0 Å². The van der Waals surface area contributed by atoms with Crippen LogP contribution in [0.1, 0.15) is 12.0 Å². The minimum absolute atomic E-state index is 0.0303. The van der Waals surface area contributed by atoms with Crippen LogP contribution in [0.25, 0.3) is 0 Å². The van der Waals surface area contributed by atoms with Gasteiger partial charge in [-0.2, -0.15) is 0 Å². The summed E-state index contributed by atoms with van der Waals surface area (Å²) in [5.41, 5.74) is 0.861. The first-order valence-electron chi connectivity index (χ1n) is 5.15. The first-order valence-corrected chi connectivity index (χ1v) is 5.53. The number of benzene rings is 1. The standard InChI is InChI=1S/C12H11ClO2/c13-12(8-4-2-1-3-5-8)10(14)9-6-7-15-11(9)12/h1-5,9,11H,6-7H2. The van der Waals surface area contributed by atoms with Crippen molar-refractivity contribution in [2.75, 3.05) is 6.61 Å². The van der Waals surface area contributed by atoms with E-state index in [-0.39, 0.29) is 17.8 Å². The first kappa shape index (κ1) is 9.37. The lowest BCUT2D eigenvalue weighted by Gasteiger charge is -2.44. The number of fused-ring (bicyclic) bond motifs is 1. The molecule has 78 valence electrons. The number of ketones is 1. The summed E-state index contributed by atoms with van der Waals surface area (Å²) >= 11 is 6.41. The van der Waals surface area contributed by atoms with Gasteiger partial charge in [-0.15, -0.1) is 11.6 Å². The highest BCUT2D eigenvalue weighted by Gasteiger charge is 2.64. The molecule has 2 nitrogen and oxygen atoms in total. The van der Waals surface area contributed by atoms with Crippen LogP contribution in [0.15, 0.2) is 30.3 Å². The summed E-state index contributed by atoms with van der Waals surface area (Å²) in [5, 5.41) is 0. The zero-order chi connectivity index (χ0) is 10.5. The topological polar surface area (TPSA) is 26.3 Å². The summed E-state index contributed by atoms with van der Waals surface area (Å²) in [4.78, 5) is 11.0. The Kier molecular flexibility index (Phi) is 1.91. The van der Waals surface area contributed by atoms with E-state index in [2.05, 4.69) is 0 Å². The molecule has 3 atom stereocenters. The maximum atomic E-state index is 12.0. The molecule has 1 aliphatic heterocycles. The lowest BCUT2D eigenvalue weighted by Crippen LogP contribution is -2.59. The van der Waals surface area contributed by atoms with Crippen molar-refractivity contribution in [3.8, 4) is 0 Å². The molecule has 1 saturated carbocycles. The Morgan fingerprint density at radius 3 is 2.80 bits per heavy atom. The van der Waals surface area contributed by atoms with E-state index in [0.29, 0.717) is 6.61 Å². The lowest BCUT2D eigenvalue weighted by atomic mass is 9.66. The molecule has 1 aliphatic carbocycles. The molecule has 3 heteroatoms. The molecule has 15 heavy (non-hydrogen) atoms. The monoisotopic (exact) mass is 222 g/mol. The van der Waals surface area contributed by atoms with E-state index >= 15 is 0 Å². The van der Waals surface area contributed by atoms with Crippen LogP contribution in [0, 0.1) is 5.92 Å². The maximum Gasteiger partial charge on any atom is 0.166 e. The second-order valence-electron chi connectivity index (χ2n) is 4.13. The number of alkyl halides is 1. The summed E-state index contributed by atoms with van der Waals surface area (Å²) in [7, 11) is 0. The van der Waals surface area contributed by atoms with Gasteiger partial charge in [0.2, 0.25) is 0 Å². The van der Waals surface area contributed by atoms with Crippen molar-refractivity contribution in [3.63, 3.8) is 0 Å². The number of carbonyl (C=O) groups is 1. The number of rotatable bonds is 1. The molecule has 1 saturated heterocycles. The van der Waals surface area contributed by atoms with Gasteiger partial charge in [0.25, 0.3) is 0 Å². The summed E-state index contributed by atoms with van der Waals surface area (Å²) in [6, 6.07) is 9.50. The second-order valence-corrected chi connectivity index (χ2v) is 4.72. The molecule has 0 spiro atoms. The molecule has 2 aliphatic rings. The van der Waals surface area contributed by atoms with Crippen molar-refractivity contribution in [3.05, 3.63) is 35.9 Å².